The summed E-state index contributed by atoms with van der Waals surface area (Å²) in [4.78, 5) is 0. The lowest BCUT2D eigenvalue weighted by Gasteiger charge is -2.28. The summed E-state index contributed by atoms with van der Waals surface area (Å²) in [6.45, 7) is 15.7. The Labute approximate surface area is 216 Å². The third kappa shape index (κ3) is 5.46. The first kappa shape index (κ1) is 26.2. The summed E-state index contributed by atoms with van der Waals surface area (Å²) in [6.07, 6.45) is 8.52. The Morgan fingerprint density at radius 1 is 0.429 bits per heavy atom. The van der Waals surface area contributed by atoms with E-state index in [9.17, 15) is 0 Å². The highest BCUT2D eigenvalue weighted by molar-refractivity contribution is 7.95. The number of hydrogen-bond donors (Lipinski definition) is 0. The van der Waals surface area contributed by atoms with Crippen molar-refractivity contribution in [3.63, 3.8) is 0 Å². The second-order valence-corrected chi connectivity index (χ2v) is 11.8. The molecule has 2 heteroatoms. The minimum Gasteiger partial charge on any atom is -0.147 e. The van der Waals surface area contributed by atoms with Crippen LogP contribution in [0.15, 0.2) is 123 Å². The highest BCUT2D eigenvalue weighted by atomic mass is 35.5. The average molecular weight is 494 g/mol. The Morgan fingerprint density at radius 3 is 0.943 bits per heavy atom. The van der Waals surface area contributed by atoms with Gasteiger partial charge in [-0.3, -0.25) is 0 Å². The molecule has 0 aromatic heterocycles. The van der Waals surface area contributed by atoms with Gasteiger partial charge in [0.1, 0.15) is 23.2 Å². The monoisotopic (exact) mass is 493 g/mol. The molecular formula is C33H31ClP+. The van der Waals surface area contributed by atoms with Crippen molar-refractivity contribution in [3.05, 3.63) is 151 Å². The highest BCUT2D eigenvalue weighted by Gasteiger charge is 2.45. The van der Waals surface area contributed by atoms with Gasteiger partial charge in [0, 0.05) is 0 Å². The number of halogens is 1. The fourth-order valence-corrected chi connectivity index (χ4v) is 8.52. The lowest BCUT2D eigenvalue weighted by Crippen LogP contribution is -2.32. The van der Waals surface area contributed by atoms with Crippen LogP contribution in [0.1, 0.15) is 27.8 Å². The maximum absolute atomic E-state index is 3.94. The summed E-state index contributed by atoms with van der Waals surface area (Å²) >= 11 is 0. The summed E-state index contributed by atoms with van der Waals surface area (Å²) in [5.41, 5.74) is 5.82. The smallest absolute Gasteiger partial charge is 0.116 e. The normalized spacial score (nSPS) is 10.6. The second-order valence-electron chi connectivity index (χ2n) is 8.30. The van der Waals surface area contributed by atoms with Crippen molar-refractivity contribution in [1.82, 2.24) is 0 Å². The molecule has 0 atom stereocenters. The molecule has 0 amide bonds. The van der Waals surface area contributed by atoms with Crippen molar-refractivity contribution >= 4 is 59.9 Å². The van der Waals surface area contributed by atoms with E-state index < -0.39 is 7.26 Å². The largest absolute Gasteiger partial charge is 0.147 e. The van der Waals surface area contributed by atoms with Crippen molar-refractivity contribution < 1.29 is 0 Å². The number of benzene rings is 4. The molecule has 0 heterocycles. The third-order valence-corrected chi connectivity index (χ3v) is 10.7. The van der Waals surface area contributed by atoms with E-state index in [1.54, 1.807) is 0 Å². The highest BCUT2D eigenvalue weighted by Crippen LogP contribution is 2.58. The van der Waals surface area contributed by atoms with Crippen LogP contribution < -0.4 is 15.9 Å². The van der Waals surface area contributed by atoms with E-state index in [1.807, 2.05) is 24.3 Å². The maximum Gasteiger partial charge on any atom is 0.116 e. The Hall–Kier alpha value is -3.44. The second kappa shape index (κ2) is 11.8. The summed E-state index contributed by atoms with van der Waals surface area (Å²) in [5, 5.41) is 4.05. The quantitative estimate of drug-likeness (QED) is 0.206. The third-order valence-electron chi connectivity index (χ3n) is 6.34. The van der Waals surface area contributed by atoms with E-state index in [4.69, 9.17) is 0 Å². The van der Waals surface area contributed by atoms with Crippen LogP contribution in [-0.2, 0) is 6.16 Å². The molecule has 174 valence electrons. The number of rotatable bonds is 9. The van der Waals surface area contributed by atoms with Gasteiger partial charge in [-0.2, -0.15) is 0 Å². The SMILES string of the molecule is C=Cc1ccc(C[P+](c2ccc(C=C)cc2)(c2ccc(C=C)cc2)c2ccc(C=C)cc2)cc1.Cl. The minimum absolute atomic E-state index is 0. The first-order chi connectivity index (χ1) is 16.6. The summed E-state index contributed by atoms with van der Waals surface area (Å²) in [5.74, 6) is 0. The van der Waals surface area contributed by atoms with E-state index in [-0.39, 0.29) is 12.4 Å². The van der Waals surface area contributed by atoms with Gasteiger partial charge < -0.3 is 0 Å². The predicted octanol–water partition coefficient (Wildman–Crippen LogP) is 8.17. The maximum atomic E-state index is 3.94. The van der Waals surface area contributed by atoms with Crippen LogP contribution in [0.2, 0.25) is 0 Å². The molecule has 0 bridgehead atoms. The van der Waals surface area contributed by atoms with Gasteiger partial charge in [0.2, 0.25) is 0 Å². The topological polar surface area (TPSA) is 0 Å². The van der Waals surface area contributed by atoms with Gasteiger partial charge in [0.05, 0.1) is 6.16 Å². The predicted molar refractivity (Wildman–Crippen MR) is 163 cm³/mol. The van der Waals surface area contributed by atoms with Crippen LogP contribution in [0.4, 0.5) is 0 Å². The standard InChI is InChI=1S/C33H30P.ClH/c1-5-26-9-11-30(12-10-26)25-34(31-19-13-27(6-2)14-20-31,32-21-15-28(7-3)16-22-32)33-23-17-29(8-4)18-24-33;/h5-24H,1-4,25H2;1H/q+1;. The lowest BCUT2D eigenvalue weighted by atomic mass is 10.1. The van der Waals surface area contributed by atoms with Crippen LogP contribution in [0.3, 0.4) is 0 Å². The Kier molecular flexibility index (Phi) is 8.83. The molecule has 0 aliphatic rings. The zero-order chi connectivity index (χ0) is 24.0. The fourth-order valence-electron chi connectivity index (χ4n) is 4.35. The molecule has 0 aliphatic heterocycles. The van der Waals surface area contributed by atoms with Crippen molar-refractivity contribution in [1.29, 1.82) is 0 Å². The molecule has 0 N–H and O–H groups in total. The van der Waals surface area contributed by atoms with Gasteiger partial charge in [0.25, 0.3) is 0 Å². The summed E-state index contributed by atoms with van der Waals surface area (Å²) < 4.78 is 0. The van der Waals surface area contributed by atoms with Crippen LogP contribution in [0, 0.1) is 0 Å². The van der Waals surface area contributed by atoms with Crippen LogP contribution in [0.5, 0.6) is 0 Å². The Morgan fingerprint density at radius 2 is 0.686 bits per heavy atom. The molecule has 0 unspecified atom stereocenters. The zero-order valence-electron chi connectivity index (χ0n) is 19.9. The van der Waals surface area contributed by atoms with E-state index in [1.165, 1.54) is 21.5 Å². The summed E-state index contributed by atoms with van der Waals surface area (Å²) in [6, 6.07) is 35.5. The molecule has 0 aliphatic carbocycles. The minimum atomic E-state index is -2.02. The number of hydrogen-bond acceptors (Lipinski definition) is 0. The average Bonchev–Trinajstić information content (AvgIpc) is 2.92. The molecule has 0 saturated heterocycles. The summed E-state index contributed by atoms with van der Waals surface area (Å²) in [7, 11) is -2.02. The molecule has 0 radical (unpaired) electrons. The van der Waals surface area contributed by atoms with Gasteiger partial charge in [-0.15, -0.1) is 12.4 Å². The van der Waals surface area contributed by atoms with E-state index in [0.29, 0.717) is 0 Å². The van der Waals surface area contributed by atoms with Gasteiger partial charge in [-0.05, 0) is 64.2 Å². The first-order valence-corrected chi connectivity index (χ1v) is 13.4. The lowest BCUT2D eigenvalue weighted by molar-refractivity contribution is 1.38. The van der Waals surface area contributed by atoms with Crippen molar-refractivity contribution in [3.8, 4) is 0 Å². The molecule has 35 heavy (non-hydrogen) atoms. The molecule has 4 aromatic carbocycles. The van der Waals surface area contributed by atoms with Gasteiger partial charge in [-0.25, -0.2) is 0 Å². The van der Waals surface area contributed by atoms with Crippen LogP contribution in [0.25, 0.3) is 24.3 Å². The van der Waals surface area contributed by atoms with E-state index in [2.05, 4.69) is 123 Å². The van der Waals surface area contributed by atoms with Crippen molar-refractivity contribution in [2.75, 3.05) is 0 Å². The van der Waals surface area contributed by atoms with Crippen molar-refractivity contribution in [2.45, 2.75) is 6.16 Å². The molecule has 0 saturated carbocycles. The van der Waals surface area contributed by atoms with Crippen LogP contribution in [-0.4, -0.2) is 0 Å². The van der Waals surface area contributed by atoms with Gasteiger partial charge >= 0.3 is 0 Å². The van der Waals surface area contributed by atoms with Crippen LogP contribution >= 0.6 is 19.7 Å². The molecule has 0 nitrogen and oxygen atoms in total. The van der Waals surface area contributed by atoms with E-state index >= 15 is 0 Å². The Bertz CT molecular complexity index is 1170. The van der Waals surface area contributed by atoms with Crippen molar-refractivity contribution in [2.24, 2.45) is 0 Å². The first-order valence-electron chi connectivity index (χ1n) is 11.4. The molecule has 4 rings (SSSR count). The zero-order valence-corrected chi connectivity index (χ0v) is 21.6. The van der Waals surface area contributed by atoms with Gasteiger partial charge in [-0.1, -0.05) is 111 Å². The molecule has 0 fully saturated rings. The van der Waals surface area contributed by atoms with E-state index in [0.717, 1.165) is 28.4 Å². The molecule has 4 aromatic rings. The molecular weight excluding hydrogens is 463 g/mol. The van der Waals surface area contributed by atoms with Gasteiger partial charge in [0.15, 0.2) is 0 Å². The fraction of sp³-hybridized carbons (Fsp3) is 0.0303. The Balaban J connectivity index is 0.00000342. The molecule has 0 spiro atoms.